The van der Waals surface area contributed by atoms with E-state index in [0.29, 0.717) is 6.04 Å². The van der Waals surface area contributed by atoms with E-state index in [2.05, 4.69) is 42.3 Å². The van der Waals surface area contributed by atoms with Crippen molar-refractivity contribution in [2.45, 2.75) is 32.7 Å². The van der Waals surface area contributed by atoms with Gasteiger partial charge in [-0.15, -0.1) is 0 Å². The standard InChI is InChI=1S/C16H18N2OS/c1-11-5-8-15-14(10-11)18-16(20-15)17-12(2)6-7-13-4-3-9-19-13/h3-5,8-10,12H,6-7H2,1-2H3,(H,17,18). The summed E-state index contributed by atoms with van der Waals surface area (Å²) < 4.78 is 6.59. The zero-order valence-corrected chi connectivity index (χ0v) is 12.5. The average molecular weight is 286 g/mol. The average Bonchev–Trinajstić information content (AvgIpc) is 3.04. The Labute approximate surface area is 122 Å². The number of thiazole rings is 1. The number of fused-ring (bicyclic) bond motifs is 1. The third kappa shape index (κ3) is 3.02. The monoisotopic (exact) mass is 286 g/mol. The Bertz CT molecular complexity index is 688. The minimum atomic E-state index is 0.377. The molecule has 2 aromatic heterocycles. The first-order valence-electron chi connectivity index (χ1n) is 6.87. The maximum atomic E-state index is 5.35. The Kier molecular flexibility index (Phi) is 3.74. The van der Waals surface area contributed by atoms with Crippen LogP contribution in [0.3, 0.4) is 0 Å². The Hall–Kier alpha value is -1.81. The molecule has 1 aromatic carbocycles. The molecule has 0 spiro atoms. The van der Waals surface area contributed by atoms with Crippen molar-refractivity contribution in [2.75, 3.05) is 5.32 Å². The van der Waals surface area contributed by atoms with Crippen LogP contribution in [0.4, 0.5) is 5.13 Å². The molecule has 0 aliphatic carbocycles. The number of aryl methyl sites for hydroxylation is 2. The first-order valence-corrected chi connectivity index (χ1v) is 7.68. The van der Waals surface area contributed by atoms with Gasteiger partial charge in [-0.1, -0.05) is 17.4 Å². The zero-order chi connectivity index (χ0) is 13.9. The fourth-order valence-corrected chi connectivity index (χ4v) is 3.15. The number of nitrogens with zero attached hydrogens (tertiary/aromatic N) is 1. The zero-order valence-electron chi connectivity index (χ0n) is 11.7. The molecule has 1 unspecified atom stereocenters. The molecule has 0 saturated carbocycles. The summed E-state index contributed by atoms with van der Waals surface area (Å²) in [5.41, 5.74) is 2.33. The molecule has 0 amide bonds. The largest absolute Gasteiger partial charge is 0.469 e. The van der Waals surface area contributed by atoms with Crippen molar-refractivity contribution in [2.24, 2.45) is 0 Å². The van der Waals surface area contributed by atoms with Crippen molar-refractivity contribution in [3.05, 3.63) is 47.9 Å². The van der Waals surface area contributed by atoms with E-state index in [1.165, 1.54) is 10.3 Å². The van der Waals surface area contributed by atoms with Crippen molar-refractivity contribution < 1.29 is 4.42 Å². The molecule has 20 heavy (non-hydrogen) atoms. The van der Waals surface area contributed by atoms with E-state index in [1.807, 2.05) is 12.1 Å². The summed E-state index contributed by atoms with van der Waals surface area (Å²) in [5, 5.41) is 4.48. The topological polar surface area (TPSA) is 38.1 Å². The maximum absolute atomic E-state index is 5.35. The summed E-state index contributed by atoms with van der Waals surface area (Å²) in [6.45, 7) is 4.28. The summed E-state index contributed by atoms with van der Waals surface area (Å²) in [7, 11) is 0. The van der Waals surface area contributed by atoms with Gasteiger partial charge in [-0.2, -0.15) is 0 Å². The molecule has 1 atom stereocenters. The highest BCUT2D eigenvalue weighted by Gasteiger charge is 2.08. The third-order valence-electron chi connectivity index (χ3n) is 3.32. The van der Waals surface area contributed by atoms with E-state index in [4.69, 9.17) is 4.42 Å². The molecular formula is C16H18N2OS. The van der Waals surface area contributed by atoms with Gasteiger partial charge in [0.05, 0.1) is 16.5 Å². The van der Waals surface area contributed by atoms with Gasteiger partial charge >= 0.3 is 0 Å². The lowest BCUT2D eigenvalue weighted by atomic mass is 10.1. The molecule has 0 aliphatic rings. The third-order valence-corrected chi connectivity index (χ3v) is 4.28. The van der Waals surface area contributed by atoms with E-state index in [1.54, 1.807) is 17.6 Å². The molecule has 3 rings (SSSR count). The molecule has 0 aliphatic heterocycles. The second-order valence-electron chi connectivity index (χ2n) is 5.15. The SMILES string of the molecule is Cc1ccc2sc(NC(C)CCc3ccco3)nc2c1. The van der Waals surface area contributed by atoms with E-state index >= 15 is 0 Å². The second-order valence-corrected chi connectivity index (χ2v) is 6.18. The van der Waals surface area contributed by atoms with Crippen LogP contribution < -0.4 is 5.32 Å². The van der Waals surface area contributed by atoms with Crippen LogP contribution in [0.15, 0.2) is 41.0 Å². The number of aromatic nitrogens is 1. The van der Waals surface area contributed by atoms with E-state index in [-0.39, 0.29) is 0 Å². The van der Waals surface area contributed by atoms with Gasteiger partial charge in [0, 0.05) is 12.5 Å². The summed E-state index contributed by atoms with van der Waals surface area (Å²) in [5.74, 6) is 1.04. The van der Waals surface area contributed by atoms with Crippen LogP contribution in [0.25, 0.3) is 10.2 Å². The first-order chi connectivity index (χ1) is 9.70. The minimum Gasteiger partial charge on any atom is -0.469 e. The first kappa shape index (κ1) is 13.2. The number of benzene rings is 1. The van der Waals surface area contributed by atoms with Gasteiger partial charge in [0.25, 0.3) is 0 Å². The van der Waals surface area contributed by atoms with Crippen molar-refractivity contribution >= 4 is 26.7 Å². The predicted molar refractivity (Wildman–Crippen MR) is 84.5 cm³/mol. The Balaban J connectivity index is 1.63. The van der Waals surface area contributed by atoms with Crippen molar-refractivity contribution in [3.63, 3.8) is 0 Å². The van der Waals surface area contributed by atoms with Crippen LogP contribution in [-0.2, 0) is 6.42 Å². The van der Waals surface area contributed by atoms with Crippen molar-refractivity contribution in [1.82, 2.24) is 4.98 Å². The summed E-state index contributed by atoms with van der Waals surface area (Å²) in [4.78, 5) is 4.64. The molecular weight excluding hydrogens is 268 g/mol. The lowest BCUT2D eigenvalue weighted by Crippen LogP contribution is -2.15. The van der Waals surface area contributed by atoms with E-state index in [9.17, 15) is 0 Å². The number of hydrogen-bond acceptors (Lipinski definition) is 4. The number of hydrogen-bond donors (Lipinski definition) is 1. The Morgan fingerprint density at radius 1 is 1.35 bits per heavy atom. The predicted octanol–water partition coefficient (Wildman–Crippen LogP) is 4.63. The van der Waals surface area contributed by atoms with Gasteiger partial charge < -0.3 is 9.73 Å². The molecule has 104 valence electrons. The lowest BCUT2D eigenvalue weighted by Gasteiger charge is -2.11. The van der Waals surface area contributed by atoms with Crippen LogP contribution >= 0.6 is 11.3 Å². The van der Waals surface area contributed by atoms with E-state index in [0.717, 1.165) is 29.3 Å². The smallest absolute Gasteiger partial charge is 0.183 e. The van der Waals surface area contributed by atoms with Crippen LogP contribution in [-0.4, -0.2) is 11.0 Å². The van der Waals surface area contributed by atoms with Gasteiger partial charge in [0.1, 0.15) is 5.76 Å². The fraction of sp³-hybridized carbons (Fsp3) is 0.312. The van der Waals surface area contributed by atoms with Gasteiger partial charge in [0.15, 0.2) is 5.13 Å². The molecule has 4 heteroatoms. The molecule has 0 radical (unpaired) electrons. The maximum Gasteiger partial charge on any atom is 0.183 e. The normalized spacial score (nSPS) is 12.7. The van der Waals surface area contributed by atoms with Crippen molar-refractivity contribution in [1.29, 1.82) is 0 Å². The summed E-state index contributed by atoms with van der Waals surface area (Å²) in [6, 6.07) is 10.7. The number of rotatable bonds is 5. The van der Waals surface area contributed by atoms with Gasteiger partial charge in [-0.3, -0.25) is 0 Å². The van der Waals surface area contributed by atoms with Gasteiger partial charge in [-0.05, 0) is 50.1 Å². The fourth-order valence-electron chi connectivity index (χ4n) is 2.20. The molecule has 3 nitrogen and oxygen atoms in total. The number of anilines is 1. The molecule has 0 saturated heterocycles. The van der Waals surface area contributed by atoms with Gasteiger partial charge in [-0.25, -0.2) is 4.98 Å². The summed E-state index contributed by atoms with van der Waals surface area (Å²) >= 11 is 1.71. The number of furan rings is 1. The molecule has 1 N–H and O–H groups in total. The van der Waals surface area contributed by atoms with Gasteiger partial charge in [0.2, 0.25) is 0 Å². The van der Waals surface area contributed by atoms with Crippen LogP contribution in [0.5, 0.6) is 0 Å². The van der Waals surface area contributed by atoms with Crippen molar-refractivity contribution in [3.8, 4) is 0 Å². The Morgan fingerprint density at radius 3 is 3.05 bits per heavy atom. The minimum absolute atomic E-state index is 0.377. The highest BCUT2D eigenvalue weighted by Crippen LogP contribution is 2.27. The Morgan fingerprint density at radius 2 is 2.25 bits per heavy atom. The van der Waals surface area contributed by atoms with E-state index < -0.39 is 0 Å². The molecule has 3 aromatic rings. The quantitative estimate of drug-likeness (QED) is 0.743. The molecule has 0 bridgehead atoms. The lowest BCUT2D eigenvalue weighted by molar-refractivity contribution is 0.495. The van der Waals surface area contributed by atoms with Crippen LogP contribution in [0, 0.1) is 6.92 Å². The van der Waals surface area contributed by atoms with Crippen LogP contribution in [0.1, 0.15) is 24.7 Å². The number of nitrogens with one attached hydrogen (secondary N) is 1. The second kappa shape index (κ2) is 5.67. The van der Waals surface area contributed by atoms with Crippen LogP contribution in [0.2, 0.25) is 0 Å². The highest BCUT2D eigenvalue weighted by atomic mass is 32.1. The highest BCUT2D eigenvalue weighted by molar-refractivity contribution is 7.22. The summed E-state index contributed by atoms with van der Waals surface area (Å²) in [6.07, 6.45) is 3.71. The molecule has 2 heterocycles. The molecule has 0 fully saturated rings.